The lowest BCUT2D eigenvalue weighted by atomic mass is 10.3. The third-order valence-corrected chi connectivity index (χ3v) is 3.88. The van der Waals surface area contributed by atoms with Gasteiger partial charge in [-0.1, -0.05) is 12.1 Å². The molecule has 0 radical (unpaired) electrons. The van der Waals surface area contributed by atoms with E-state index in [4.69, 9.17) is 0 Å². The Kier molecular flexibility index (Phi) is 4.14. The molecular weight excluding hydrogens is 288 g/mol. The number of fused-ring (bicyclic) bond motifs is 1. The van der Waals surface area contributed by atoms with E-state index < -0.39 is 0 Å². The van der Waals surface area contributed by atoms with Gasteiger partial charge in [-0.25, -0.2) is 9.97 Å². The summed E-state index contributed by atoms with van der Waals surface area (Å²) in [6.45, 7) is 2.76. The summed E-state index contributed by atoms with van der Waals surface area (Å²) in [4.78, 5) is 15.6. The zero-order chi connectivity index (χ0) is 16.4. The molecule has 1 N–H and O–H groups in total. The van der Waals surface area contributed by atoms with Crippen molar-refractivity contribution in [3.8, 4) is 0 Å². The first kappa shape index (κ1) is 15.3. The molecule has 0 unspecified atom stereocenters. The Labute approximate surface area is 136 Å². The largest absolute Gasteiger partial charge is 0.362 e. The third kappa shape index (κ3) is 3.11. The van der Waals surface area contributed by atoms with Crippen molar-refractivity contribution in [2.45, 2.75) is 13.3 Å². The van der Waals surface area contributed by atoms with Crippen molar-refractivity contribution >= 4 is 22.8 Å². The van der Waals surface area contributed by atoms with Gasteiger partial charge in [-0.05, 0) is 19.1 Å². The van der Waals surface area contributed by atoms with Crippen LogP contribution in [-0.4, -0.2) is 40.2 Å². The van der Waals surface area contributed by atoms with Gasteiger partial charge < -0.3 is 14.8 Å². The summed E-state index contributed by atoms with van der Waals surface area (Å²) in [5.41, 5.74) is 3.26. The Morgan fingerprint density at radius 1 is 1.17 bits per heavy atom. The molecule has 0 aliphatic rings. The summed E-state index contributed by atoms with van der Waals surface area (Å²) in [6, 6.07) is 8.18. The molecule has 6 heteroatoms. The van der Waals surface area contributed by atoms with Gasteiger partial charge in [-0.15, -0.1) is 0 Å². The van der Waals surface area contributed by atoms with Crippen LogP contribution in [0.4, 0.5) is 11.8 Å². The summed E-state index contributed by atoms with van der Waals surface area (Å²) < 4.78 is 2.14. The molecule has 3 aromatic rings. The fraction of sp³-hybridized carbons (Fsp3) is 0.353. The number of rotatable bonds is 5. The van der Waals surface area contributed by atoms with Gasteiger partial charge in [0.1, 0.15) is 11.6 Å². The fourth-order valence-corrected chi connectivity index (χ4v) is 2.68. The molecule has 0 saturated heterocycles. The van der Waals surface area contributed by atoms with Gasteiger partial charge in [-0.2, -0.15) is 4.98 Å². The molecule has 1 aromatic carbocycles. The molecule has 0 atom stereocenters. The average Bonchev–Trinajstić information content (AvgIpc) is 2.85. The predicted molar refractivity (Wildman–Crippen MR) is 94.0 cm³/mol. The summed E-state index contributed by atoms with van der Waals surface area (Å²) in [5.74, 6) is 2.64. The van der Waals surface area contributed by atoms with E-state index in [0.29, 0.717) is 5.95 Å². The number of benzene rings is 1. The Balaban J connectivity index is 1.69. The summed E-state index contributed by atoms with van der Waals surface area (Å²) in [5, 5.41) is 3.28. The number of para-hydroxylation sites is 2. The highest BCUT2D eigenvalue weighted by Crippen LogP contribution is 2.16. The number of anilines is 2. The molecule has 0 bridgehead atoms. The zero-order valence-electron chi connectivity index (χ0n) is 14.0. The molecular formula is C17H22N6. The van der Waals surface area contributed by atoms with Gasteiger partial charge in [0.05, 0.1) is 11.0 Å². The van der Waals surface area contributed by atoms with E-state index in [1.165, 1.54) is 0 Å². The summed E-state index contributed by atoms with van der Waals surface area (Å²) >= 11 is 0. The molecule has 6 nitrogen and oxygen atoms in total. The van der Waals surface area contributed by atoms with Gasteiger partial charge in [0.15, 0.2) is 0 Å². The quantitative estimate of drug-likeness (QED) is 0.784. The number of aryl methyl sites for hydroxylation is 2. The van der Waals surface area contributed by atoms with Gasteiger partial charge in [0.2, 0.25) is 5.95 Å². The minimum Gasteiger partial charge on any atom is -0.362 e. The monoisotopic (exact) mass is 310 g/mol. The van der Waals surface area contributed by atoms with Crippen LogP contribution in [0.25, 0.3) is 11.0 Å². The molecule has 23 heavy (non-hydrogen) atoms. The van der Waals surface area contributed by atoms with Crippen molar-refractivity contribution in [1.29, 1.82) is 0 Å². The number of aromatic nitrogens is 4. The van der Waals surface area contributed by atoms with Crippen LogP contribution in [0.1, 0.15) is 11.4 Å². The maximum atomic E-state index is 4.68. The molecule has 0 saturated carbocycles. The van der Waals surface area contributed by atoms with Crippen LogP contribution in [0, 0.1) is 6.92 Å². The zero-order valence-corrected chi connectivity index (χ0v) is 14.0. The molecule has 0 aliphatic carbocycles. The molecule has 2 aromatic heterocycles. The van der Waals surface area contributed by atoms with Crippen LogP contribution in [0.2, 0.25) is 0 Å². The first-order valence-corrected chi connectivity index (χ1v) is 7.71. The number of hydrogen-bond acceptors (Lipinski definition) is 5. The smallest absolute Gasteiger partial charge is 0.224 e. The normalized spacial score (nSPS) is 11.0. The minimum atomic E-state index is 0.651. The number of nitrogens with one attached hydrogen (secondary N) is 1. The van der Waals surface area contributed by atoms with Crippen molar-refractivity contribution in [1.82, 2.24) is 19.5 Å². The van der Waals surface area contributed by atoms with Gasteiger partial charge in [0.25, 0.3) is 0 Å². The third-order valence-electron chi connectivity index (χ3n) is 3.88. The summed E-state index contributed by atoms with van der Waals surface area (Å²) in [7, 11) is 6.02. The van der Waals surface area contributed by atoms with Crippen LogP contribution in [-0.2, 0) is 13.5 Å². The predicted octanol–water partition coefficient (Wildman–Crippen LogP) is 2.39. The van der Waals surface area contributed by atoms with Crippen molar-refractivity contribution in [2.75, 3.05) is 30.9 Å². The number of hydrogen-bond donors (Lipinski definition) is 1. The van der Waals surface area contributed by atoms with E-state index in [1.807, 2.05) is 50.3 Å². The van der Waals surface area contributed by atoms with E-state index in [9.17, 15) is 0 Å². The molecule has 3 rings (SSSR count). The maximum absolute atomic E-state index is 4.68. The van der Waals surface area contributed by atoms with Crippen LogP contribution < -0.4 is 10.2 Å². The molecule has 0 amide bonds. The number of nitrogens with zero attached hydrogens (tertiary/aromatic N) is 5. The fourth-order valence-electron chi connectivity index (χ4n) is 2.68. The lowest BCUT2D eigenvalue weighted by Gasteiger charge is -2.15. The molecule has 120 valence electrons. The standard InChI is InChI=1S/C17H22N6/c1-12-11-19-17(21-16(12)22(2)3)18-10-9-15-20-13-7-5-6-8-14(13)23(15)4/h5-8,11H,9-10H2,1-4H3,(H,18,19,21). The number of imidazole rings is 1. The summed E-state index contributed by atoms with van der Waals surface area (Å²) in [6.07, 6.45) is 2.67. The lowest BCUT2D eigenvalue weighted by molar-refractivity contribution is 0.803. The SMILES string of the molecule is Cc1cnc(NCCc2nc3ccccc3n2C)nc1N(C)C. The average molecular weight is 310 g/mol. The second-order valence-corrected chi connectivity index (χ2v) is 5.85. The van der Waals surface area contributed by atoms with Crippen molar-refractivity contribution in [3.05, 3.63) is 41.9 Å². The van der Waals surface area contributed by atoms with E-state index >= 15 is 0 Å². The van der Waals surface area contributed by atoms with Crippen LogP contribution in [0.5, 0.6) is 0 Å². The van der Waals surface area contributed by atoms with E-state index in [0.717, 1.165) is 41.2 Å². The van der Waals surface area contributed by atoms with Crippen LogP contribution in [0.15, 0.2) is 30.5 Å². The first-order valence-electron chi connectivity index (χ1n) is 7.71. The topological polar surface area (TPSA) is 58.9 Å². The van der Waals surface area contributed by atoms with Gasteiger partial charge >= 0.3 is 0 Å². The van der Waals surface area contributed by atoms with E-state index in [1.54, 1.807) is 0 Å². The lowest BCUT2D eigenvalue weighted by Crippen LogP contribution is -2.16. The van der Waals surface area contributed by atoms with E-state index in [-0.39, 0.29) is 0 Å². The molecule has 0 fully saturated rings. The Bertz CT molecular complexity index is 821. The second-order valence-electron chi connectivity index (χ2n) is 5.85. The Morgan fingerprint density at radius 2 is 1.96 bits per heavy atom. The Morgan fingerprint density at radius 3 is 2.70 bits per heavy atom. The van der Waals surface area contributed by atoms with Crippen molar-refractivity contribution in [3.63, 3.8) is 0 Å². The first-order chi connectivity index (χ1) is 11.1. The molecule has 0 aliphatic heterocycles. The second kappa shape index (κ2) is 6.24. The van der Waals surface area contributed by atoms with Crippen LogP contribution in [0.3, 0.4) is 0 Å². The molecule has 0 spiro atoms. The maximum Gasteiger partial charge on any atom is 0.224 e. The molecule has 2 heterocycles. The van der Waals surface area contributed by atoms with Gasteiger partial charge in [-0.3, -0.25) is 0 Å². The Hall–Kier alpha value is -2.63. The van der Waals surface area contributed by atoms with Gasteiger partial charge in [0, 0.05) is 45.9 Å². The highest BCUT2D eigenvalue weighted by molar-refractivity contribution is 5.75. The van der Waals surface area contributed by atoms with E-state index in [2.05, 4.69) is 37.9 Å². The van der Waals surface area contributed by atoms with Crippen molar-refractivity contribution < 1.29 is 0 Å². The highest BCUT2D eigenvalue weighted by atomic mass is 15.2. The van der Waals surface area contributed by atoms with Crippen LogP contribution >= 0.6 is 0 Å². The highest BCUT2D eigenvalue weighted by Gasteiger charge is 2.08. The van der Waals surface area contributed by atoms with Crippen molar-refractivity contribution in [2.24, 2.45) is 7.05 Å². The minimum absolute atomic E-state index is 0.651.